The second-order valence-corrected chi connectivity index (χ2v) is 5.30. The predicted molar refractivity (Wildman–Crippen MR) is 79.7 cm³/mol. The molecular weight excluding hydrogens is 220 g/mol. The summed E-state index contributed by atoms with van der Waals surface area (Å²) in [5.74, 6) is 0. The molecule has 1 unspecified atom stereocenters. The molecule has 0 aliphatic heterocycles. The van der Waals surface area contributed by atoms with Gasteiger partial charge in [-0.25, -0.2) is 0 Å². The lowest BCUT2D eigenvalue weighted by molar-refractivity contribution is 0.202. The van der Waals surface area contributed by atoms with E-state index in [9.17, 15) is 0 Å². The molecule has 2 nitrogen and oxygen atoms in total. The molecule has 1 rings (SSSR count). The molecule has 0 heterocycles. The van der Waals surface area contributed by atoms with Gasteiger partial charge < -0.3 is 5.32 Å². The molecule has 0 fully saturated rings. The number of hydrogen-bond acceptors (Lipinski definition) is 2. The van der Waals surface area contributed by atoms with E-state index in [1.807, 2.05) is 0 Å². The second kappa shape index (κ2) is 8.28. The lowest BCUT2D eigenvalue weighted by Crippen LogP contribution is -2.35. The van der Waals surface area contributed by atoms with Crippen molar-refractivity contribution in [1.82, 2.24) is 10.2 Å². The van der Waals surface area contributed by atoms with Crippen molar-refractivity contribution in [2.45, 2.75) is 52.7 Å². The van der Waals surface area contributed by atoms with Gasteiger partial charge in [-0.1, -0.05) is 37.3 Å². The fourth-order valence-electron chi connectivity index (χ4n) is 2.15. The second-order valence-electron chi connectivity index (χ2n) is 5.30. The first-order valence-corrected chi connectivity index (χ1v) is 7.14. The zero-order chi connectivity index (χ0) is 13.4. The van der Waals surface area contributed by atoms with Crippen LogP contribution in [-0.4, -0.2) is 30.1 Å². The van der Waals surface area contributed by atoms with E-state index in [0.717, 1.165) is 19.6 Å². The molecule has 0 aromatic heterocycles. The molecule has 0 amide bonds. The Labute approximate surface area is 112 Å². The number of nitrogens with one attached hydrogen (secondary N) is 1. The van der Waals surface area contributed by atoms with Gasteiger partial charge in [0.05, 0.1) is 0 Å². The molecule has 1 atom stereocenters. The smallest absolute Gasteiger partial charge is 0.0236 e. The third-order valence-corrected chi connectivity index (χ3v) is 3.36. The van der Waals surface area contributed by atoms with Crippen LogP contribution < -0.4 is 5.32 Å². The van der Waals surface area contributed by atoms with Gasteiger partial charge in [0, 0.05) is 25.2 Å². The Hall–Kier alpha value is -0.860. The van der Waals surface area contributed by atoms with Crippen molar-refractivity contribution in [3.63, 3.8) is 0 Å². The van der Waals surface area contributed by atoms with Crippen molar-refractivity contribution >= 4 is 0 Å². The highest BCUT2D eigenvalue weighted by Crippen LogP contribution is 2.09. The van der Waals surface area contributed by atoms with Crippen LogP contribution >= 0.6 is 0 Å². The van der Waals surface area contributed by atoms with Crippen molar-refractivity contribution in [2.24, 2.45) is 0 Å². The summed E-state index contributed by atoms with van der Waals surface area (Å²) >= 11 is 0. The Morgan fingerprint density at radius 1 is 1.11 bits per heavy atom. The van der Waals surface area contributed by atoms with E-state index >= 15 is 0 Å². The largest absolute Gasteiger partial charge is 0.314 e. The highest BCUT2D eigenvalue weighted by Gasteiger charge is 2.11. The van der Waals surface area contributed by atoms with E-state index in [-0.39, 0.29) is 0 Å². The van der Waals surface area contributed by atoms with E-state index in [4.69, 9.17) is 0 Å². The molecule has 18 heavy (non-hydrogen) atoms. The molecule has 1 N–H and O–H groups in total. The van der Waals surface area contributed by atoms with Crippen LogP contribution in [0.15, 0.2) is 30.3 Å². The Morgan fingerprint density at radius 2 is 1.78 bits per heavy atom. The van der Waals surface area contributed by atoms with Gasteiger partial charge in [0.25, 0.3) is 0 Å². The minimum absolute atomic E-state index is 0.596. The molecule has 0 radical (unpaired) electrons. The van der Waals surface area contributed by atoms with Crippen molar-refractivity contribution in [2.75, 3.05) is 13.1 Å². The minimum atomic E-state index is 0.596. The van der Waals surface area contributed by atoms with Gasteiger partial charge >= 0.3 is 0 Å². The van der Waals surface area contributed by atoms with Crippen LogP contribution in [0.4, 0.5) is 0 Å². The molecule has 2 heteroatoms. The van der Waals surface area contributed by atoms with Crippen molar-refractivity contribution in [3.8, 4) is 0 Å². The van der Waals surface area contributed by atoms with Crippen molar-refractivity contribution in [3.05, 3.63) is 35.9 Å². The monoisotopic (exact) mass is 248 g/mol. The highest BCUT2D eigenvalue weighted by atomic mass is 15.1. The van der Waals surface area contributed by atoms with Gasteiger partial charge in [0.2, 0.25) is 0 Å². The van der Waals surface area contributed by atoms with Gasteiger partial charge in [0.15, 0.2) is 0 Å². The first kappa shape index (κ1) is 15.2. The Morgan fingerprint density at radius 3 is 2.33 bits per heavy atom. The van der Waals surface area contributed by atoms with Crippen LogP contribution in [0.2, 0.25) is 0 Å². The Balaban J connectivity index is 2.45. The standard InChI is InChI=1S/C16H28N2/c1-5-17-15(4)11-12-18(14(2)3)13-16-9-7-6-8-10-16/h6-10,14-15,17H,5,11-13H2,1-4H3. The maximum atomic E-state index is 3.48. The number of rotatable bonds is 8. The fourth-order valence-corrected chi connectivity index (χ4v) is 2.15. The molecular formula is C16H28N2. The van der Waals surface area contributed by atoms with E-state index in [2.05, 4.69) is 68.2 Å². The van der Waals surface area contributed by atoms with Gasteiger partial charge in [-0.2, -0.15) is 0 Å². The quantitative estimate of drug-likeness (QED) is 0.759. The predicted octanol–water partition coefficient (Wildman–Crippen LogP) is 3.29. The molecule has 1 aromatic carbocycles. The summed E-state index contributed by atoms with van der Waals surface area (Å²) in [6.45, 7) is 12.3. The Kier molecular flexibility index (Phi) is 6.99. The van der Waals surface area contributed by atoms with Crippen LogP contribution in [0.5, 0.6) is 0 Å². The zero-order valence-corrected chi connectivity index (χ0v) is 12.3. The molecule has 0 saturated heterocycles. The van der Waals surface area contributed by atoms with Gasteiger partial charge in [-0.05, 0) is 39.3 Å². The van der Waals surface area contributed by atoms with E-state index in [1.165, 1.54) is 12.0 Å². The van der Waals surface area contributed by atoms with Crippen LogP contribution in [0, 0.1) is 0 Å². The van der Waals surface area contributed by atoms with E-state index in [1.54, 1.807) is 0 Å². The van der Waals surface area contributed by atoms with E-state index in [0.29, 0.717) is 12.1 Å². The molecule has 102 valence electrons. The van der Waals surface area contributed by atoms with Crippen molar-refractivity contribution in [1.29, 1.82) is 0 Å². The molecule has 0 spiro atoms. The van der Waals surface area contributed by atoms with Crippen LogP contribution in [0.3, 0.4) is 0 Å². The summed E-state index contributed by atoms with van der Waals surface area (Å²) in [6.07, 6.45) is 1.21. The van der Waals surface area contributed by atoms with Gasteiger partial charge in [-0.15, -0.1) is 0 Å². The van der Waals surface area contributed by atoms with E-state index < -0.39 is 0 Å². The summed E-state index contributed by atoms with van der Waals surface area (Å²) in [7, 11) is 0. The summed E-state index contributed by atoms with van der Waals surface area (Å²) in [5, 5.41) is 3.48. The van der Waals surface area contributed by atoms with Gasteiger partial charge in [-0.3, -0.25) is 4.90 Å². The molecule has 1 aromatic rings. The summed E-state index contributed by atoms with van der Waals surface area (Å²) in [5.41, 5.74) is 1.40. The first-order chi connectivity index (χ1) is 8.63. The number of hydrogen-bond donors (Lipinski definition) is 1. The van der Waals surface area contributed by atoms with Crippen LogP contribution in [-0.2, 0) is 6.54 Å². The number of benzene rings is 1. The first-order valence-electron chi connectivity index (χ1n) is 7.14. The van der Waals surface area contributed by atoms with Crippen LogP contribution in [0.25, 0.3) is 0 Å². The van der Waals surface area contributed by atoms with Crippen LogP contribution in [0.1, 0.15) is 39.7 Å². The summed E-state index contributed by atoms with van der Waals surface area (Å²) < 4.78 is 0. The maximum absolute atomic E-state index is 3.48. The topological polar surface area (TPSA) is 15.3 Å². The molecule has 0 saturated carbocycles. The van der Waals surface area contributed by atoms with Gasteiger partial charge in [0.1, 0.15) is 0 Å². The lowest BCUT2D eigenvalue weighted by atomic mass is 10.1. The van der Waals surface area contributed by atoms with Crippen molar-refractivity contribution < 1.29 is 0 Å². The highest BCUT2D eigenvalue weighted by molar-refractivity contribution is 5.14. The third kappa shape index (κ3) is 5.65. The Bertz CT molecular complexity index is 308. The average molecular weight is 248 g/mol. The normalized spacial score (nSPS) is 13.2. The summed E-state index contributed by atoms with van der Waals surface area (Å²) in [4.78, 5) is 2.54. The third-order valence-electron chi connectivity index (χ3n) is 3.36. The lowest BCUT2D eigenvalue weighted by Gasteiger charge is -2.28. The molecule has 0 aliphatic carbocycles. The molecule has 0 bridgehead atoms. The maximum Gasteiger partial charge on any atom is 0.0236 e. The number of nitrogens with zero attached hydrogens (tertiary/aromatic N) is 1. The minimum Gasteiger partial charge on any atom is -0.314 e. The average Bonchev–Trinajstić information content (AvgIpc) is 2.35. The zero-order valence-electron chi connectivity index (χ0n) is 12.3. The fraction of sp³-hybridized carbons (Fsp3) is 0.625. The molecule has 0 aliphatic rings. The SMILES string of the molecule is CCNC(C)CCN(Cc1ccccc1)C(C)C. The summed E-state index contributed by atoms with van der Waals surface area (Å²) in [6, 6.07) is 11.9.